The van der Waals surface area contributed by atoms with Crippen molar-refractivity contribution in [3.8, 4) is 5.75 Å². The highest BCUT2D eigenvalue weighted by molar-refractivity contribution is 5.84. The minimum Gasteiger partial charge on any atom is -0.497 e. The molecular formula is C19H26N2O. The second-order valence-electron chi connectivity index (χ2n) is 6.47. The van der Waals surface area contributed by atoms with Crippen molar-refractivity contribution in [3.63, 3.8) is 0 Å². The van der Waals surface area contributed by atoms with Crippen molar-refractivity contribution in [2.45, 2.75) is 50.7 Å². The summed E-state index contributed by atoms with van der Waals surface area (Å²) in [4.78, 5) is 0. The topological polar surface area (TPSA) is 47.3 Å². The number of methoxy groups -OCH3 is 1. The van der Waals surface area contributed by atoms with Gasteiger partial charge in [-0.1, -0.05) is 18.2 Å². The van der Waals surface area contributed by atoms with E-state index in [-0.39, 0.29) is 0 Å². The Morgan fingerprint density at radius 2 is 1.73 bits per heavy atom. The van der Waals surface area contributed by atoms with E-state index < -0.39 is 0 Å². The lowest BCUT2D eigenvalue weighted by atomic mass is 9.91. The van der Waals surface area contributed by atoms with Crippen LogP contribution in [0.1, 0.15) is 44.2 Å². The minimum atomic E-state index is 0.367. The van der Waals surface area contributed by atoms with E-state index in [2.05, 4.69) is 42.6 Å². The molecule has 3 heteroatoms. The summed E-state index contributed by atoms with van der Waals surface area (Å²) in [6.45, 7) is 2.25. The van der Waals surface area contributed by atoms with Crippen molar-refractivity contribution >= 4 is 10.8 Å². The van der Waals surface area contributed by atoms with Crippen molar-refractivity contribution in [2.24, 2.45) is 5.73 Å². The van der Waals surface area contributed by atoms with Gasteiger partial charge in [0.25, 0.3) is 0 Å². The smallest absolute Gasteiger partial charge is 0.119 e. The minimum absolute atomic E-state index is 0.367. The maximum absolute atomic E-state index is 5.99. The van der Waals surface area contributed by atoms with Crippen LogP contribution in [0, 0.1) is 0 Å². The maximum Gasteiger partial charge on any atom is 0.119 e. The molecule has 0 bridgehead atoms. The van der Waals surface area contributed by atoms with E-state index in [4.69, 9.17) is 10.5 Å². The summed E-state index contributed by atoms with van der Waals surface area (Å²) in [5.41, 5.74) is 7.33. The van der Waals surface area contributed by atoms with Crippen LogP contribution in [-0.2, 0) is 0 Å². The Labute approximate surface area is 132 Å². The van der Waals surface area contributed by atoms with E-state index in [1.165, 1.54) is 29.2 Å². The van der Waals surface area contributed by atoms with Gasteiger partial charge >= 0.3 is 0 Å². The van der Waals surface area contributed by atoms with Crippen molar-refractivity contribution in [2.75, 3.05) is 7.11 Å². The molecule has 1 unspecified atom stereocenters. The zero-order valence-electron chi connectivity index (χ0n) is 13.5. The first-order valence-corrected chi connectivity index (χ1v) is 8.25. The van der Waals surface area contributed by atoms with Gasteiger partial charge < -0.3 is 15.8 Å². The molecular weight excluding hydrogens is 272 g/mol. The normalized spacial score (nSPS) is 23.4. The van der Waals surface area contributed by atoms with Crippen LogP contribution in [-0.4, -0.2) is 19.2 Å². The molecule has 0 radical (unpaired) electrons. The molecule has 1 aliphatic rings. The number of rotatable bonds is 4. The average Bonchev–Trinajstić information content (AvgIpc) is 2.56. The highest BCUT2D eigenvalue weighted by atomic mass is 16.5. The van der Waals surface area contributed by atoms with Gasteiger partial charge in [-0.2, -0.15) is 0 Å². The zero-order valence-corrected chi connectivity index (χ0v) is 13.5. The number of nitrogens with one attached hydrogen (secondary N) is 1. The number of hydrogen-bond donors (Lipinski definition) is 2. The van der Waals surface area contributed by atoms with Crippen LogP contribution in [0.3, 0.4) is 0 Å². The van der Waals surface area contributed by atoms with Crippen LogP contribution in [0.25, 0.3) is 10.8 Å². The van der Waals surface area contributed by atoms with Crippen LogP contribution in [0.4, 0.5) is 0 Å². The van der Waals surface area contributed by atoms with Gasteiger partial charge in [0.15, 0.2) is 0 Å². The number of hydrogen-bond acceptors (Lipinski definition) is 3. The molecule has 118 valence electrons. The van der Waals surface area contributed by atoms with E-state index in [1.54, 1.807) is 7.11 Å². The van der Waals surface area contributed by atoms with Crippen LogP contribution in [0.5, 0.6) is 5.75 Å². The lowest BCUT2D eigenvalue weighted by Crippen LogP contribution is -2.38. The first kappa shape index (κ1) is 15.3. The van der Waals surface area contributed by atoms with Gasteiger partial charge in [0.1, 0.15) is 5.75 Å². The van der Waals surface area contributed by atoms with Crippen LogP contribution >= 0.6 is 0 Å². The lowest BCUT2D eigenvalue weighted by molar-refractivity contribution is 0.322. The average molecular weight is 298 g/mol. The number of ether oxygens (including phenoxy) is 1. The summed E-state index contributed by atoms with van der Waals surface area (Å²) in [5.74, 6) is 0.907. The lowest BCUT2D eigenvalue weighted by Gasteiger charge is -2.29. The molecule has 22 heavy (non-hydrogen) atoms. The molecule has 3 N–H and O–H groups in total. The Bertz CT molecular complexity index is 632. The van der Waals surface area contributed by atoms with E-state index in [1.807, 2.05) is 6.07 Å². The van der Waals surface area contributed by atoms with Crippen molar-refractivity contribution < 1.29 is 4.74 Å². The molecule has 0 saturated heterocycles. The summed E-state index contributed by atoms with van der Waals surface area (Å²) < 4.78 is 5.29. The SMILES string of the molecule is COc1ccc2cc(C(C)NC3CCC(N)CC3)ccc2c1. The molecule has 0 heterocycles. The second kappa shape index (κ2) is 6.67. The Balaban J connectivity index is 1.72. The highest BCUT2D eigenvalue weighted by Gasteiger charge is 2.20. The van der Waals surface area contributed by atoms with Crippen LogP contribution in [0.2, 0.25) is 0 Å². The summed E-state index contributed by atoms with van der Waals surface area (Å²) in [6.07, 6.45) is 4.66. The number of nitrogens with two attached hydrogens (primary N) is 1. The molecule has 1 fully saturated rings. The molecule has 0 amide bonds. The fourth-order valence-electron chi connectivity index (χ4n) is 3.37. The predicted molar refractivity (Wildman–Crippen MR) is 92.3 cm³/mol. The summed E-state index contributed by atoms with van der Waals surface area (Å²) in [7, 11) is 1.71. The summed E-state index contributed by atoms with van der Waals surface area (Å²) in [6, 6.07) is 14.3. The number of benzene rings is 2. The Morgan fingerprint density at radius 3 is 2.45 bits per heavy atom. The molecule has 2 aromatic carbocycles. The monoisotopic (exact) mass is 298 g/mol. The van der Waals surface area contributed by atoms with Gasteiger partial charge in [-0.15, -0.1) is 0 Å². The first-order valence-electron chi connectivity index (χ1n) is 8.25. The van der Waals surface area contributed by atoms with E-state index in [0.717, 1.165) is 18.6 Å². The van der Waals surface area contributed by atoms with Gasteiger partial charge in [0, 0.05) is 18.1 Å². The van der Waals surface area contributed by atoms with Crippen LogP contribution < -0.4 is 15.8 Å². The van der Waals surface area contributed by atoms with Gasteiger partial charge in [0.2, 0.25) is 0 Å². The predicted octanol–water partition coefficient (Wildman–Crippen LogP) is 3.77. The molecule has 1 aliphatic carbocycles. The Morgan fingerprint density at radius 1 is 1.05 bits per heavy atom. The number of fused-ring (bicyclic) bond motifs is 1. The van der Waals surface area contributed by atoms with Gasteiger partial charge in [0.05, 0.1) is 7.11 Å². The Kier molecular flexibility index (Phi) is 4.65. The van der Waals surface area contributed by atoms with E-state index in [9.17, 15) is 0 Å². The molecule has 3 nitrogen and oxygen atoms in total. The quantitative estimate of drug-likeness (QED) is 0.903. The molecule has 0 aliphatic heterocycles. The summed E-state index contributed by atoms with van der Waals surface area (Å²) in [5, 5.41) is 6.25. The summed E-state index contributed by atoms with van der Waals surface area (Å²) >= 11 is 0. The van der Waals surface area contributed by atoms with Gasteiger partial charge in [-0.05, 0) is 67.1 Å². The highest BCUT2D eigenvalue weighted by Crippen LogP contribution is 2.26. The van der Waals surface area contributed by atoms with Gasteiger partial charge in [-0.3, -0.25) is 0 Å². The molecule has 0 aromatic heterocycles. The molecule has 0 spiro atoms. The largest absolute Gasteiger partial charge is 0.497 e. The third kappa shape index (κ3) is 3.42. The maximum atomic E-state index is 5.99. The third-order valence-corrected chi connectivity index (χ3v) is 4.83. The standard InChI is InChI=1S/C19H26N2O/c1-13(21-18-8-6-17(20)7-9-18)14-3-4-16-12-19(22-2)10-5-15(16)11-14/h3-5,10-13,17-18,21H,6-9,20H2,1-2H3. The van der Waals surface area contributed by atoms with Crippen molar-refractivity contribution in [1.29, 1.82) is 0 Å². The van der Waals surface area contributed by atoms with Gasteiger partial charge in [-0.25, -0.2) is 0 Å². The fourth-order valence-corrected chi connectivity index (χ4v) is 3.37. The molecule has 3 rings (SSSR count). The molecule has 1 saturated carbocycles. The molecule has 2 aromatic rings. The third-order valence-electron chi connectivity index (χ3n) is 4.83. The van der Waals surface area contributed by atoms with Crippen molar-refractivity contribution in [1.82, 2.24) is 5.32 Å². The fraction of sp³-hybridized carbons (Fsp3) is 0.474. The van der Waals surface area contributed by atoms with E-state index >= 15 is 0 Å². The first-order chi connectivity index (χ1) is 10.7. The van der Waals surface area contributed by atoms with E-state index in [0.29, 0.717) is 18.1 Å². The second-order valence-corrected chi connectivity index (χ2v) is 6.47. The van der Waals surface area contributed by atoms with Crippen LogP contribution in [0.15, 0.2) is 36.4 Å². The molecule has 1 atom stereocenters. The zero-order chi connectivity index (χ0) is 15.5. The van der Waals surface area contributed by atoms with Crippen molar-refractivity contribution in [3.05, 3.63) is 42.0 Å². The Hall–Kier alpha value is -1.58.